The highest BCUT2D eigenvalue weighted by atomic mass is 35.5. The molecule has 3 heterocycles. The van der Waals surface area contributed by atoms with Crippen molar-refractivity contribution in [1.82, 2.24) is 19.5 Å². The summed E-state index contributed by atoms with van der Waals surface area (Å²) in [7, 11) is 0. The Labute approximate surface area is 169 Å². The van der Waals surface area contributed by atoms with E-state index in [1.807, 2.05) is 6.07 Å². The fraction of sp³-hybridized carbons (Fsp3) is 0.294. The largest absolute Gasteiger partial charge is 0.394 e. The quantitative estimate of drug-likeness (QED) is 0.285. The molecule has 1 aromatic carbocycles. The number of nitrogens with two attached hydrogens (primary N) is 1. The minimum absolute atomic E-state index is 0.0981. The Morgan fingerprint density at radius 1 is 1.31 bits per heavy atom. The summed E-state index contributed by atoms with van der Waals surface area (Å²) in [6.45, 7) is -0.441. The lowest BCUT2D eigenvalue weighted by Crippen LogP contribution is -2.33. The normalized spacial score (nSPS) is 24.6. The van der Waals surface area contributed by atoms with Crippen LogP contribution >= 0.6 is 11.6 Å². The molecule has 1 fully saturated rings. The van der Waals surface area contributed by atoms with E-state index in [9.17, 15) is 15.3 Å². The second-order valence-electron chi connectivity index (χ2n) is 6.41. The maximum Gasteiger partial charge on any atom is 0.247 e. The first-order valence-corrected chi connectivity index (χ1v) is 9.03. The van der Waals surface area contributed by atoms with Gasteiger partial charge in [-0.25, -0.2) is 10.4 Å². The molecular weight excluding hydrogens is 402 g/mol. The zero-order chi connectivity index (χ0) is 20.5. The number of anilines is 2. The molecule has 6 N–H and O–H groups in total. The van der Waals surface area contributed by atoms with Crippen molar-refractivity contribution in [2.75, 3.05) is 17.8 Å². The highest BCUT2D eigenvalue weighted by Crippen LogP contribution is 2.32. The maximum atomic E-state index is 10.3. The van der Waals surface area contributed by atoms with Crippen molar-refractivity contribution in [2.24, 2.45) is 5.10 Å². The number of nitrogen functional groups attached to an aromatic ring is 1. The molecule has 3 aromatic rings. The fourth-order valence-electron chi connectivity index (χ4n) is 3.04. The number of hydrogen-bond donors (Lipinski definition) is 5. The number of fused-ring (bicyclic) bond motifs is 1. The lowest BCUT2D eigenvalue weighted by molar-refractivity contribution is -0.0511. The topological polar surface area (TPSA) is 164 Å². The molecule has 0 amide bonds. The van der Waals surface area contributed by atoms with Crippen LogP contribution in [0.1, 0.15) is 11.8 Å². The Kier molecular flexibility index (Phi) is 5.30. The van der Waals surface area contributed by atoms with E-state index in [1.54, 1.807) is 24.4 Å². The van der Waals surface area contributed by atoms with Gasteiger partial charge in [-0.05, 0) is 17.7 Å². The summed E-state index contributed by atoms with van der Waals surface area (Å²) in [5.74, 6) is 0.197. The number of imidazole rings is 1. The number of hydrogen-bond acceptors (Lipinski definition) is 10. The smallest absolute Gasteiger partial charge is 0.247 e. The third-order valence-electron chi connectivity index (χ3n) is 4.47. The van der Waals surface area contributed by atoms with Crippen molar-refractivity contribution in [2.45, 2.75) is 24.5 Å². The molecule has 12 heteroatoms. The Balaban J connectivity index is 1.62. The minimum Gasteiger partial charge on any atom is -0.394 e. The van der Waals surface area contributed by atoms with Crippen LogP contribution in [-0.4, -0.2) is 66.0 Å². The average molecular weight is 420 g/mol. The van der Waals surface area contributed by atoms with E-state index in [0.29, 0.717) is 10.5 Å². The molecule has 11 nitrogen and oxygen atoms in total. The molecule has 1 unspecified atom stereocenters. The van der Waals surface area contributed by atoms with Crippen LogP contribution in [0.15, 0.2) is 35.7 Å². The van der Waals surface area contributed by atoms with Crippen molar-refractivity contribution < 1.29 is 20.1 Å². The summed E-state index contributed by atoms with van der Waals surface area (Å²) in [5, 5.41) is 34.2. The summed E-state index contributed by atoms with van der Waals surface area (Å²) in [5.41, 5.74) is 9.98. The molecule has 4 atom stereocenters. The summed E-state index contributed by atoms with van der Waals surface area (Å²) in [4.78, 5) is 12.6. The van der Waals surface area contributed by atoms with E-state index in [1.165, 1.54) is 10.9 Å². The van der Waals surface area contributed by atoms with Gasteiger partial charge in [0.2, 0.25) is 5.95 Å². The van der Waals surface area contributed by atoms with Crippen LogP contribution in [0.25, 0.3) is 11.2 Å². The third kappa shape index (κ3) is 3.73. The minimum atomic E-state index is -1.28. The van der Waals surface area contributed by atoms with Gasteiger partial charge in [-0.15, -0.1) is 0 Å². The summed E-state index contributed by atoms with van der Waals surface area (Å²) in [6, 6.07) is 7.11. The molecule has 2 aromatic heterocycles. The van der Waals surface area contributed by atoms with Gasteiger partial charge in [-0.2, -0.15) is 15.1 Å². The summed E-state index contributed by atoms with van der Waals surface area (Å²) >= 11 is 5.94. The SMILES string of the molecule is Nc1nc(N/N=C/c2cccc(Cl)c2)nc2c1ncn2C1O[C@H](CO)[C@@H](O)[C@H]1O. The zero-order valence-electron chi connectivity index (χ0n) is 14.9. The number of hydrazone groups is 1. The Morgan fingerprint density at radius 3 is 2.86 bits per heavy atom. The Hall–Kier alpha value is -2.83. The summed E-state index contributed by atoms with van der Waals surface area (Å²) < 4.78 is 6.95. The maximum absolute atomic E-state index is 10.3. The first-order valence-electron chi connectivity index (χ1n) is 8.65. The van der Waals surface area contributed by atoms with E-state index in [-0.39, 0.29) is 17.4 Å². The third-order valence-corrected chi connectivity index (χ3v) is 4.70. The number of rotatable bonds is 5. The van der Waals surface area contributed by atoms with Gasteiger partial charge >= 0.3 is 0 Å². The number of aromatic nitrogens is 4. The number of halogens is 1. The Morgan fingerprint density at radius 2 is 2.14 bits per heavy atom. The number of nitrogens with one attached hydrogen (secondary N) is 1. The molecule has 0 spiro atoms. The number of benzene rings is 1. The van der Waals surface area contributed by atoms with E-state index < -0.39 is 31.1 Å². The molecule has 0 bridgehead atoms. The number of aliphatic hydroxyl groups is 3. The predicted octanol–water partition coefficient (Wildman–Crippen LogP) is 0.119. The van der Waals surface area contributed by atoms with Crippen molar-refractivity contribution in [3.05, 3.63) is 41.2 Å². The van der Waals surface area contributed by atoms with Gasteiger partial charge in [0.15, 0.2) is 17.7 Å². The number of aliphatic hydroxyl groups excluding tert-OH is 3. The van der Waals surface area contributed by atoms with Crippen molar-refractivity contribution in [3.8, 4) is 0 Å². The highest BCUT2D eigenvalue weighted by Gasteiger charge is 2.44. The predicted molar refractivity (Wildman–Crippen MR) is 105 cm³/mol. The standard InChI is InChI=1S/C17H18ClN7O4/c18-9-3-1-2-8(4-9)5-21-24-17-22-14(19)11-15(23-17)25(7-20-11)16-13(28)12(27)10(6-26)29-16/h1-5,7,10,12-13,16,26-28H,6H2,(H3,19,22,23,24)/b21-5+/t10-,12-,13-,16?/m1/s1. The van der Waals surface area contributed by atoms with Gasteiger partial charge in [0, 0.05) is 5.02 Å². The van der Waals surface area contributed by atoms with Crippen molar-refractivity contribution in [1.29, 1.82) is 0 Å². The molecule has 4 rings (SSSR count). The van der Waals surface area contributed by atoms with Crippen molar-refractivity contribution >= 4 is 40.7 Å². The van der Waals surface area contributed by atoms with E-state index in [0.717, 1.165) is 5.56 Å². The van der Waals surface area contributed by atoms with Crippen LogP contribution in [0.5, 0.6) is 0 Å². The molecule has 0 aliphatic carbocycles. The van der Waals surface area contributed by atoms with Gasteiger partial charge in [0.25, 0.3) is 0 Å². The van der Waals surface area contributed by atoms with Crippen LogP contribution < -0.4 is 11.2 Å². The lowest BCUT2D eigenvalue weighted by Gasteiger charge is -2.16. The second kappa shape index (κ2) is 7.89. The van der Waals surface area contributed by atoms with E-state index in [2.05, 4.69) is 25.5 Å². The van der Waals surface area contributed by atoms with Crippen molar-refractivity contribution in [3.63, 3.8) is 0 Å². The fourth-order valence-corrected chi connectivity index (χ4v) is 3.23. The molecule has 1 aliphatic rings. The first-order chi connectivity index (χ1) is 14.0. The second-order valence-corrected chi connectivity index (χ2v) is 6.85. The number of ether oxygens (including phenoxy) is 1. The van der Waals surface area contributed by atoms with Crippen LogP contribution in [0.4, 0.5) is 11.8 Å². The molecule has 0 radical (unpaired) electrons. The van der Waals surface area contributed by atoms with Gasteiger partial charge in [0.1, 0.15) is 23.8 Å². The van der Waals surface area contributed by atoms with E-state index in [4.69, 9.17) is 22.1 Å². The van der Waals surface area contributed by atoms with E-state index >= 15 is 0 Å². The van der Waals surface area contributed by atoms with Gasteiger partial charge < -0.3 is 25.8 Å². The molecule has 152 valence electrons. The summed E-state index contributed by atoms with van der Waals surface area (Å²) in [6.07, 6.45) is -1.54. The molecular formula is C17H18ClN7O4. The molecule has 1 saturated heterocycles. The highest BCUT2D eigenvalue weighted by molar-refractivity contribution is 6.30. The van der Waals surface area contributed by atoms with Gasteiger partial charge in [0.05, 0.1) is 19.1 Å². The Bertz CT molecular complexity index is 1060. The van der Waals surface area contributed by atoms with Crippen LogP contribution in [0.3, 0.4) is 0 Å². The van der Waals surface area contributed by atoms with Crippen LogP contribution in [0.2, 0.25) is 5.02 Å². The lowest BCUT2D eigenvalue weighted by atomic mass is 10.1. The monoisotopic (exact) mass is 419 g/mol. The van der Waals surface area contributed by atoms with Crippen LogP contribution in [0, 0.1) is 0 Å². The number of nitrogens with zero attached hydrogens (tertiary/aromatic N) is 5. The molecule has 0 saturated carbocycles. The molecule has 29 heavy (non-hydrogen) atoms. The van der Waals surface area contributed by atoms with Gasteiger partial charge in [-0.3, -0.25) is 4.57 Å². The first kappa shape index (κ1) is 19.5. The molecule has 1 aliphatic heterocycles. The van der Waals surface area contributed by atoms with Gasteiger partial charge in [-0.1, -0.05) is 23.7 Å². The van der Waals surface area contributed by atoms with Crippen LogP contribution in [-0.2, 0) is 4.74 Å². The average Bonchev–Trinajstić information content (AvgIpc) is 3.24. The zero-order valence-corrected chi connectivity index (χ0v) is 15.7.